The Balaban J connectivity index is 1.57. The molecule has 5 nitrogen and oxygen atoms in total. The molecule has 1 atom stereocenters. The van der Waals surface area contributed by atoms with Crippen molar-refractivity contribution in [2.24, 2.45) is 5.92 Å². The minimum Gasteiger partial charge on any atom is -0.493 e. The number of nitrogens with zero attached hydrogens (tertiary/aromatic N) is 3. The van der Waals surface area contributed by atoms with Gasteiger partial charge in [0.05, 0.1) is 25.7 Å². The van der Waals surface area contributed by atoms with E-state index in [4.69, 9.17) is 9.47 Å². The maximum absolute atomic E-state index is 10.3. The smallest absolute Gasteiger partial charge is 0.161 e. The van der Waals surface area contributed by atoms with Crippen LogP contribution in [0.15, 0.2) is 48.5 Å². The zero-order valence-corrected chi connectivity index (χ0v) is 20.0. The van der Waals surface area contributed by atoms with Crippen LogP contribution >= 0.6 is 0 Å². The Labute approximate surface area is 193 Å². The van der Waals surface area contributed by atoms with Gasteiger partial charge in [0.15, 0.2) is 11.5 Å². The molecular weight excluding hydrogens is 398 g/mol. The van der Waals surface area contributed by atoms with Gasteiger partial charge in [0.1, 0.15) is 0 Å². The molecule has 32 heavy (non-hydrogen) atoms. The van der Waals surface area contributed by atoms with Crippen LogP contribution in [0.25, 0.3) is 0 Å². The Morgan fingerprint density at radius 2 is 1.59 bits per heavy atom. The molecule has 0 aromatic heterocycles. The number of benzene rings is 2. The van der Waals surface area contributed by atoms with Crippen LogP contribution in [0, 0.1) is 17.2 Å². The van der Waals surface area contributed by atoms with Gasteiger partial charge >= 0.3 is 0 Å². The molecule has 0 amide bonds. The zero-order valence-electron chi connectivity index (χ0n) is 20.0. The fourth-order valence-electron chi connectivity index (χ4n) is 4.72. The number of hydrogen-bond donors (Lipinski definition) is 0. The summed E-state index contributed by atoms with van der Waals surface area (Å²) < 4.78 is 10.9. The van der Waals surface area contributed by atoms with Crippen LogP contribution in [-0.2, 0) is 12.0 Å². The van der Waals surface area contributed by atoms with Crippen LogP contribution in [0.3, 0.4) is 0 Å². The summed E-state index contributed by atoms with van der Waals surface area (Å²) in [5, 5.41) is 10.3. The molecule has 0 N–H and O–H groups in total. The molecule has 1 saturated heterocycles. The van der Waals surface area contributed by atoms with Gasteiger partial charge in [-0.05, 0) is 48.6 Å². The Morgan fingerprint density at radius 3 is 2.19 bits per heavy atom. The zero-order chi connectivity index (χ0) is 23.0. The highest BCUT2D eigenvalue weighted by molar-refractivity contribution is 5.47. The molecule has 1 aliphatic rings. The summed E-state index contributed by atoms with van der Waals surface area (Å²) in [6.45, 7) is 10.7. The third kappa shape index (κ3) is 5.62. The average molecular weight is 436 g/mol. The molecule has 0 aliphatic carbocycles. The van der Waals surface area contributed by atoms with Gasteiger partial charge in [-0.15, -0.1) is 0 Å². The first-order valence-electron chi connectivity index (χ1n) is 11.6. The molecule has 1 heterocycles. The lowest BCUT2D eigenvalue weighted by molar-refractivity contribution is 0.123. The van der Waals surface area contributed by atoms with Gasteiger partial charge in [0, 0.05) is 32.7 Å². The largest absolute Gasteiger partial charge is 0.493 e. The van der Waals surface area contributed by atoms with Crippen molar-refractivity contribution in [1.82, 2.24) is 9.80 Å². The van der Waals surface area contributed by atoms with Crippen molar-refractivity contribution in [1.29, 1.82) is 5.26 Å². The van der Waals surface area contributed by atoms with Gasteiger partial charge in [-0.2, -0.15) is 5.26 Å². The lowest BCUT2D eigenvalue weighted by atomic mass is 9.69. The van der Waals surface area contributed by atoms with E-state index in [-0.39, 0.29) is 5.92 Å². The highest BCUT2D eigenvalue weighted by atomic mass is 16.5. The number of piperazine rings is 1. The van der Waals surface area contributed by atoms with Gasteiger partial charge in [-0.3, -0.25) is 4.90 Å². The predicted octanol–water partition coefficient (Wildman–Crippen LogP) is 4.72. The standard InChI is InChI=1S/C27H37N3O2/c1-22(2)27(21-28,24-11-12-25(31-3)26(19-24)32-4)13-8-14-29-15-17-30(18-16-29)20-23-9-6-5-7-10-23/h5-7,9-12,19,22H,8,13-18,20H2,1-4H3. The summed E-state index contributed by atoms with van der Waals surface area (Å²) in [6, 6.07) is 19.3. The maximum Gasteiger partial charge on any atom is 0.161 e. The van der Waals surface area contributed by atoms with E-state index in [1.165, 1.54) is 5.56 Å². The molecule has 172 valence electrons. The molecule has 0 spiro atoms. The van der Waals surface area contributed by atoms with Crippen LogP contribution in [0.4, 0.5) is 0 Å². The normalized spacial score (nSPS) is 17.0. The van der Waals surface area contributed by atoms with Gasteiger partial charge in [0.25, 0.3) is 0 Å². The van der Waals surface area contributed by atoms with Crippen molar-refractivity contribution in [3.8, 4) is 17.6 Å². The van der Waals surface area contributed by atoms with Crippen molar-refractivity contribution in [3.63, 3.8) is 0 Å². The van der Waals surface area contributed by atoms with E-state index in [2.05, 4.69) is 60.0 Å². The topological polar surface area (TPSA) is 48.7 Å². The van der Waals surface area contributed by atoms with Crippen LogP contribution in [-0.4, -0.2) is 56.7 Å². The number of methoxy groups -OCH3 is 2. The van der Waals surface area contributed by atoms with Crippen molar-refractivity contribution in [3.05, 3.63) is 59.7 Å². The van der Waals surface area contributed by atoms with Gasteiger partial charge in [-0.1, -0.05) is 50.2 Å². The summed E-state index contributed by atoms with van der Waals surface area (Å²) >= 11 is 0. The van der Waals surface area contributed by atoms with Crippen molar-refractivity contribution in [2.75, 3.05) is 46.9 Å². The second-order valence-corrected chi connectivity index (χ2v) is 9.01. The van der Waals surface area contributed by atoms with E-state index in [0.717, 1.165) is 57.7 Å². The predicted molar refractivity (Wildman–Crippen MR) is 129 cm³/mol. The second kappa shape index (κ2) is 11.4. The summed E-state index contributed by atoms with van der Waals surface area (Å²) in [6.07, 6.45) is 1.83. The summed E-state index contributed by atoms with van der Waals surface area (Å²) in [5.41, 5.74) is 1.86. The third-order valence-electron chi connectivity index (χ3n) is 6.84. The minimum absolute atomic E-state index is 0.202. The Bertz CT molecular complexity index is 886. The molecule has 0 saturated carbocycles. The summed E-state index contributed by atoms with van der Waals surface area (Å²) in [7, 11) is 3.28. The maximum atomic E-state index is 10.3. The van der Waals surface area contributed by atoms with Crippen molar-refractivity contribution >= 4 is 0 Å². The molecule has 1 aliphatic heterocycles. The molecule has 0 bridgehead atoms. The highest BCUT2D eigenvalue weighted by Gasteiger charge is 2.36. The van der Waals surface area contributed by atoms with Crippen LogP contribution < -0.4 is 9.47 Å². The summed E-state index contributed by atoms with van der Waals surface area (Å²) in [5.74, 6) is 1.58. The van der Waals surface area contributed by atoms with Gasteiger partial charge in [0.2, 0.25) is 0 Å². The van der Waals surface area contributed by atoms with Crippen molar-refractivity contribution in [2.45, 2.75) is 38.6 Å². The fraction of sp³-hybridized carbons (Fsp3) is 0.519. The highest BCUT2D eigenvalue weighted by Crippen LogP contribution is 2.40. The Kier molecular flexibility index (Phi) is 8.55. The second-order valence-electron chi connectivity index (χ2n) is 9.01. The van der Waals surface area contributed by atoms with Gasteiger partial charge in [-0.25, -0.2) is 0 Å². The molecule has 1 unspecified atom stereocenters. The Hall–Kier alpha value is -2.55. The molecule has 5 heteroatoms. The van der Waals surface area contributed by atoms with Gasteiger partial charge < -0.3 is 14.4 Å². The van der Waals surface area contributed by atoms with E-state index in [0.29, 0.717) is 11.5 Å². The van der Waals surface area contributed by atoms with E-state index in [9.17, 15) is 5.26 Å². The van der Waals surface area contributed by atoms with E-state index >= 15 is 0 Å². The molecule has 0 radical (unpaired) electrons. The average Bonchev–Trinajstić information content (AvgIpc) is 2.83. The monoisotopic (exact) mass is 435 g/mol. The van der Waals surface area contributed by atoms with E-state index in [1.54, 1.807) is 14.2 Å². The van der Waals surface area contributed by atoms with E-state index in [1.807, 2.05) is 18.2 Å². The number of ether oxygens (including phenoxy) is 2. The number of hydrogen-bond acceptors (Lipinski definition) is 5. The fourth-order valence-corrected chi connectivity index (χ4v) is 4.72. The first-order valence-corrected chi connectivity index (χ1v) is 11.6. The SMILES string of the molecule is COc1ccc(C(C#N)(CCCN2CCN(Cc3ccccc3)CC2)C(C)C)cc1OC. The van der Waals surface area contributed by atoms with Crippen LogP contribution in [0.1, 0.15) is 37.8 Å². The van der Waals surface area contributed by atoms with Crippen molar-refractivity contribution < 1.29 is 9.47 Å². The molecule has 3 rings (SSSR count). The first-order chi connectivity index (χ1) is 15.5. The summed E-state index contributed by atoms with van der Waals surface area (Å²) in [4.78, 5) is 5.07. The molecule has 1 fully saturated rings. The quantitative estimate of drug-likeness (QED) is 0.540. The Morgan fingerprint density at radius 1 is 0.938 bits per heavy atom. The number of rotatable bonds is 10. The first kappa shape index (κ1) is 24.1. The number of nitriles is 1. The molecule has 2 aromatic rings. The minimum atomic E-state index is -0.533. The molecule has 2 aromatic carbocycles. The van der Waals surface area contributed by atoms with E-state index < -0.39 is 5.41 Å². The lowest BCUT2D eigenvalue weighted by Gasteiger charge is -2.36. The third-order valence-corrected chi connectivity index (χ3v) is 6.84. The lowest BCUT2D eigenvalue weighted by Crippen LogP contribution is -2.46. The van der Waals surface area contributed by atoms with Crippen LogP contribution in [0.2, 0.25) is 0 Å². The van der Waals surface area contributed by atoms with Crippen LogP contribution in [0.5, 0.6) is 11.5 Å². The molecular formula is C27H37N3O2.